The number of carbonyl (C=O) groups is 10. The first kappa shape index (κ1) is 76.8. The first-order valence-corrected chi connectivity index (χ1v) is 33.9. The van der Waals surface area contributed by atoms with Gasteiger partial charge < -0.3 is 4.42 Å². The molecule has 5 aliphatic carbocycles. The molecular formula is C80H67BrClF9O11. The van der Waals surface area contributed by atoms with Crippen LogP contribution < -0.4 is 0 Å². The molecule has 0 atom stereocenters. The molecule has 5 aliphatic rings. The van der Waals surface area contributed by atoms with Crippen LogP contribution in [-0.4, -0.2) is 57.8 Å². The van der Waals surface area contributed by atoms with Gasteiger partial charge in [-0.25, -0.2) is 0 Å². The molecule has 5 saturated carbocycles. The second-order valence-corrected chi connectivity index (χ2v) is 27.4. The highest BCUT2D eigenvalue weighted by molar-refractivity contribution is 9.10. The zero-order chi connectivity index (χ0) is 73.8. The Labute approximate surface area is 594 Å². The van der Waals surface area contributed by atoms with Gasteiger partial charge in [0, 0.05) is 85.2 Å². The SMILES string of the molecule is Cc1cc(Br)cc(C2CC(=O)CC(=O)C2)c1.O=C1CC(=O)CC(c2cc(-c3ccccc3)cc(-c3ccccc3)c2)C1.O=C1CC(=O)CC(c2ccc(-c3cccc(Cl)c3)o2)C1.O=C1CC(=O)CC(c2ccc(C(F)(F)F)cc2C(F)(F)F)C1.O=C1CC(=O)CC(c2cccc(C(F)(F)F)c2)C1. The van der Waals surface area contributed by atoms with E-state index in [0.717, 1.165) is 61.1 Å². The number of benzene rings is 7. The fourth-order valence-electron chi connectivity index (χ4n) is 13.2. The second kappa shape index (κ2) is 33.6. The molecule has 11 nitrogen and oxygen atoms in total. The third-order valence-corrected chi connectivity index (χ3v) is 18.5. The Kier molecular flexibility index (Phi) is 25.3. The first-order valence-electron chi connectivity index (χ1n) is 32.7. The number of alkyl halides is 9. The van der Waals surface area contributed by atoms with Crippen molar-refractivity contribution in [3.05, 3.63) is 236 Å². The fraction of sp³-hybridized carbons (Fsp3) is 0.300. The van der Waals surface area contributed by atoms with Crippen molar-refractivity contribution in [3.8, 4) is 33.6 Å². The van der Waals surface area contributed by atoms with E-state index in [9.17, 15) is 87.5 Å². The molecule has 0 bridgehead atoms. The Morgan fingerprint density at radius 3 is 1.18 bits per heavy atom. The maximum atomic E-state index is 13.0. The van der Waals surface area contributed by atoms with Gasteiger partial charge in [0.1, 0.15) is 69.4 Å². The molecule has 7 aromatic carbocycles. The lowest BCUT2D eigenvalue weighted by Crippen LogP contribution is -2.24. The van der Waals surface area contributed by atoms with Crippen molar-refractivity contribution < 1.29 is 91.9 Å². The van der Waals surface area contributed by atoms with Crippen LogP contribution in [0.2, 0.25) is 5.02 Å². The number of carbonyl (C=O) groups excluding carboxylic acids is 10. The number of hydrogen-bond acceptors (Lipinski definition) is 11. The largest absolute Gasteiger partial charge is 0.461 e. The summed E-state index contributed by atoms with van der Waals surface area (Å²) in [5.41, 5.74) is 5.07. The van der Waals surface area contributed by atoms with E-state index < -0.39 is 64.2 Å². The predicted molar refractivity (Wildman–Crippen MR) is 366 cm³/mol. The van der Waals surface area contributed by atoms with Crippen molar-refractivity contribution in [2.24, 2.45) is 0 Å². The standard InChI is InChI=1S/C24H20O2.C16H13ClO3.C14H10F6O2.C13H13BrO2.C13H11F3O2/c25-23-14-22(15-24(26)16-23)21-12-19(17-7-3-1-4-8-17)11-20(13-21)18-9-5-2-6-10-18;17-12-3-1-2-10(6-12)15-4-5-16(20-15)11-7-13(18)9-14(19)8-11;15-13(16,17)8-1-2-11(12(5-8)14(18,19)20)7-3-9(21)6-10(22)4-7;1-8-2-9(4-11(14)3-8)10-5-12(15)7-13(16)6-10;14-13(15,16)10-3-1-2-8(4-10)9-5-11(17)7-12(18)6-9/h1-13,22H,14-16H2;1-6,11H,7-9H2;1-2,5,7H,3-4,6H2;2-4,10H,5-7H2,1H3;1-4,9H,5-7H2. The third-order valence-electron chi connectivity index (χ3n) is 17.8. The van der Waals surface area contributed by atoms with E-state index in [2.05, 4.69) is 64.5 Å². The maximum Gasteiger partial charge on any atom is 0.416 e. The average Bonchev–Trinajstić information content (AvgIpc) is 0.955. The zero-order valence-electron chi connectivity index (χ0n) is 54.9. The summed E-state index contributed by atoms with van der Waals surface area (Å²) in [6.45, 7) is 2.01. The number of halogens is 11. The van der Waals surface area contributed by atoms with Crippen molar-refractivity contribution in [1.82, 2.24) is 0 Å². The molecule has 8 aromatic rings. The molecule has 0 N–H and O–H groups in total. The summed E-state index contributed by atoms with van der Waals surface area (Å²) in [5, 5.41) is 0.642. The number of ketones is 10. The molecule has 0 aliphatic heterocycles. The van der Waals surface area contributed by atoms with Gasteiger partial charge in [0.15, 0.2) is 0 Å². The average molecular weight is 1490 g/mol. The van der Waals surface area contributed by atoms with Gasteiger partial charge in [0.05, 0.1) is 48.8 Å². The smallest absolute Gasteiger partial charge is 0.416 e. The van der Waals surface area contributed by atoms with Crippen molar-refractivity contribution >= 4 is 85.4 Å². The van der Waals surface area contributed by atoms with Gasteiger partial charge in [-0.15, -0.1) is 0 Å². The highest BCUT2D eigenvalue weighted by atomic mass is 79.9. The van der Waals surface area contributed by atoms with E-state index in [4.69, 9.17) is 16.0 Å². The van der Waals surface area contributed by atoms with Crippen LogP contribution in [0.5, 0.6) is 0 Å². The Hall–Kier alpha value is -9.34. The number of Topliss-reactive ketones (excluding diaryl/α,β-unsaturated/α-hetero) is 10. The monoisotopic (exact) mass is 1490 g/mol. The maximum absolute atomic E-state index is 13.0. The topological polar surface area (TPSA) is 184 Å². The highest BCUT2D eigenvalue weighted by Crippen LogP contribution is 2.44. The van der Waals surface area contributed by atoms with Crippen LogP contribution in [0.1, 0.15) is 176 Å². The molecule has 0 unspecified atom stereocenters. The molecule has 530 valence electrons. The molecule has 5 fully saturated rings. The molecule has 1 heterocycles. The number of hydrogen-bond donors (Lipinski definition) is 0. The van der Waals surface area contributed by atoms with E-state index >= 15 is 0 Å². The second-order valence-electron chi connectivity index (χ2n) is 26.1. The summed E-state index contributed by atoms with van der Waals surface area (Å²) < 4.78 is 121. The number of aryl methyl sites for hydroxylation is 1. The van der Waals surface area contributed by atoms with Crippen LogP contribution in [0.3, 0.4) is 0 Å². The lowest BCUT2D eigenvalue weighted by molar-refractivity contribution is -0.144. The van der Waals surface area contributed by atoms with Gasteiger partial charge in [-0.05, 0) is 141 Å². The summed E-state index contributed by atoms with van der Waals surface area (Å²) in [4.78, 5) is 115. The molecule has 13 rings (SSSR count). The minimum atomic E-state index is -5.00. The van der Waals surface area contributed by atoms with Crippen molar-refractivity contribution in [3.63, 3.8) is 0 Å². The molecule has 0 radical (unpaired) electrons. The van der Waals surface area contributed by atoms with Crippen molar-refractivity contribution in [1.29, 1.82) is 0 Å². The van der Waals surface area contributed by atoms with E-state index in [0.29, 0.717) is 72.8 Å². The van der Waals surface area contributed by atoms with E-state index in [1.54, 1.807) is 6.07 Å². The van der Waals surface area contributed by atoms with Gasteiger partial charge in [-0.3, -0.25) is 47.9 Å². The lowest BCUT2D eigenvalue weighted by Gasteiger charge is -2.24. The van der Waals surface area contributed by atoms with Gasteiger partial charge in [-0.1, -0.05) is 143 Å². The van der Waals surface area contributed by atoms with Crippen LogP contribution in [0.4, 0.5) is 39.5 Å². The molecular weight excluding hydrogens is 1420 g/mol. The van der Waals surface area contributed by atoms with Gasteiger partial charge in [0.25, 0.3) is 0 Å². The van der Waals surface area contributed by atoms with Gasteiger partial charge in [-0.2, -0.15) is 39.5 Å². The normalized spacial score (nSPS) is 17.0. The Morgan fingerprint density at radius 2 is 0.745 bits per heavy atom. The van der Waals surface area contributed by atoms with Crippen LogP contribution in [0, 0.1) is 6.92 Å². The minimum Gasteiger partial charge on any atom is -0.461 e. The Balaban J connectivity index is 0.000000150. The number of furan rings is 1. The molecule has 0 spiro atoms. The molecule has 0 saturated heterocycles. The van der Waals surface area contributed by atoms with Crippen molar-refractivity contribution in [2.45, 2.75) is 151 Å². The summed E-state index contributed by atoms with van der Waals surface area (Å²) in [5.74, 6) is -1.31. The van der Waals surface area contributed by atoms with Crippen molar-refractivity contribution in [2.75, 3.05) is 0 Å². The quantitative estimate of drug-likeness (QED) is 0.104. The molecule has 22 heteroatoms. The predicted octanol–water partition coefficient (Wildman–Crippen LogP) is 19.8. The van der Waals surface area contributed by atoms with Crippen LogP contribution in [-0.2, 0) is 66.5 Å². The summed E-state index contributed by atoms with van der Waals surface area (Å²) in [6.07, 6.45) is -12.0. The van der Waals surface area contributed by atoms with Gasteiger partial charge >= 0.3 is 18.5 Å². The Bertz CT molecular complexity index is 4320. The lowest BCUT2D eigenvalue weighted by atomic mass is 9.80. The Morgan fingerprint density at radius 1 is 0.343 bits per heavy atom. The summed E-state index contributed by atoms with van der Waals surface area (Å²) >= 11 is 9.40. The molecule has 102 heavy (non-hydrogen) atoms. The van der Waals surface area contributed by atoms with Gasteiger partial charge in [0.2, 0.25) is 0 Å². The van der Waals surface area contributed by atoms with E-state index in [-0.39, 0.29) is 128 Å². The van der Waals surface area contributed by atoms with Crippen LogP contribution in [0.15, 0.2) is 185 Å². The molecule has 1 aromatic heterocycles. The zero-order valence-corrected chi connectivity index (χ0v) is 57.2. The van der Waals surface area contributed by atoms with E-state index in [1.807, 2.05) is 85.8 Å². The summed E-state index contributed by atoms with van der Waals surface area (Å²) in [7, 11) is 0. The fourth-order valence-corrected chi connectivity index (χ4v) is 14.0. The number of rotatable bonds is 8. The minimum absolute atomic E-state index is 0.00745. The molecule has 0 amide bonds. The van der Waals surface area contributed by atoms with E-state index in [1.165, 1.54) is 12.1 Å². The highest BCUT2D eigenvalue weighted by Gasteiger charge is 2.41. The van der Waals surface area contributed by atoms with Crippen LogP contribution in [0.25, 0.3) is 33.6 Å². The first-order chi connectivity index (χ1) is 48.2. The van der Waals surface area contributed by atoms with Crippen LogP contribution >= 0.6 is 27.5 Å². The summed E-state index contributed by atoms with van der Waals surface area (Å²) in [6, 6.07) is 50.2. The third kappa shape index (κ3) is 21.8.